The molecule has 0 bridgehead atoms. The van der Waals surface area contributed by atoms with Gasteiger partial charge in [0.15, 0.2) is 5.82 Å². The van der Waals surface area contributed by atoms with Crippen molar-refractivity contribution in [3.05, 3.63) is 18.2 Å². The summed E-state index contributed by atoms with van der Waals surface area (Å²) in [6.45, 7) is 3.95. The van der Waals surface area contributed by atoms with Gasteiger partial charge in [-0.05, 0) is 18.8 Å². The van der Waals surface area contributed by atoms with Crippen LogP contribution in [-0.2, 0) is 4.79 Å². The number of carbonyl (C=O) groups excluding carboxylic acids is 1. The van der Waals surface area contributed by atoms with E-state index >= 15 is 0 Å². The molecule has 1 saturated heterocycles. The summed E-state index contributed by atoms with van der Waals surface area (Å²) in [5.74, 6) is 0.679. The Morgan fingerprint density at radius 3 is 2.61 bits per heavy atom. The summed E-state index contributed by atoms with van der Waals surface area (Å²) >= 11 is 0. The predicted octanol–water partition coefficient (Wildman–Crippen LogP) is 0.968. The molecule has 1 aromatic rings. The Labute approximate surface area is 105 Å². The monoisotopic (exact) mass is 252 g/mol. The molecular formula is C12H17FN4O. The lowest BCUT2D eigenvalue weighted by Gasteiger charge is -2.31. The Kier molecular flexibility index (Phi) is 4.07. The van der Waals surface area contributed by atoms with Crippen LogP contribution in [0, 0.1) is 11.7 Å². The summed E-state index contributed by atoms with van der Waals surface area (Å²) in [6.07, 6.45) is 4.35. The zero-order chi connectivity index (χ0) is 13.0. The maximum absolute atomic E-state index is 12.7. The van der Waals surface area contributed by atoms with Crippen LogP contribution in [0.15, 0.2) is 12.4 Å². The molecule has 6 heteroatoms. The fourth-order valence-corrected chi connectivity index (χ4v) is 2.09. The van der Waals surface area contributed by atoms with Crippen molar-refractivity contribution in [1.29, 1.82) is 0 Å². The van der Waals surface area contributed by atoms with Crippen LogP contribution in [0.3, 0.4) is 0 Å². The normalized spacial score (nSPS) is 16.7. The third kappa shape index (κ3) is 3.38. The number of nitrogens with zero attached hydrogens (tertiary/aromatic N) is 3. The topological polar surface area (TPSA) is 58.1 Å². The number of aromatic nitrogens is 2. The van der Waals surface area contributed by atoms with Crippen molar-refractivity contribution in [2.75, 3.05) is 24.5 Å². The second-order valence-corrected chi connectivity index (χ2v) is 4.57. The van der Waals surface area contributed by atoms with E-state index < -0.39 is 5.82 Å². The molecule has 0 atom stereocenters. The summed E-state index contributed by atoms with van der Waals surface area (Å²) in [7, 11) is 0. The van der Waals surface area contributed by atoms with E-state index in [1.165, 1.54) is 19.3 Å². The number of hydrogen-bond acceptors (Lipinski definition) is 4. The van der Waals surface area contributed by atoms with Crippen LogP contribution in [0.5, 0.6) is 0 Å². The van der Waals surface area contributed by atoms with Crippen LogP contribution in [0.4, 0.5) is 10.3 Å². The zero-order valence-electron chi connectivity index (χ0n) is 10.4. The Balaban J connectivity index is 1.83. The van der Waals surface area contributed by atoms with Gasteiger partial charge in [0.25, 0.3) is 0 Å². The molecule has 2 heterocycles. The molecule has 0 aliphatic carbocycles. The van der Waals surface area contributed by atoms with Gasteiger partial charge in [0.1, 0.15) is 0 Å². The Hall–Kier alpha value is -1.72. The molecule has 98 valence electrons. The Bertz CT molecular complexity index is 401. The largest absolute Gasteiger partial charge is 0.356 e. The highest BCUT2D eigenvalue weighted by molar-refractivity contribution is 5.72. The fourth-order valence-electron chi connectivity index (χ4n) is 2.09. The summed E-state index contributed by atoms with van der Waals surface area (Å²) in [5.41, 5.74) is 0. The van der Waals surface area contributed by atoms with Gasteiger partial charge in [-0.2, -0.15) is 0 Å². The Morgan fingerprint density at radius 1 is 1.44 bits per heavy atom. The molecule has 5 nitrogen and oxygen atoms in total. The molecule has 18 heavy (non-hydrogen) atoms. The predicted molar refractivity (Wildman–Crippen MR) is 65.6 cm³/mol. The average Bonchev–Trinajstić information content (AvgIpc) is 2.38. The minimum absolute atomic E-state index is 0.0132. The number of anilines is 1. The molecule has 1 N–H and O–H groups in total. The van der Waals surface area contributed by atoms with Gasteiger partial charge in [-0.25, -0.2) is 14.4 Å². The first-order chi connectivity index (χ1) is 8.65. The average molecular weight is 252 g/mol. The van der Waals surface area contributed by atoms with E-state index in [4.69, 9.17) is 0 Å². The number of halogens is 1. The van der Waals surface area contributed by atoms with Crippen molar-refractivity contribution in [3.8, 4) is 0 Å². The van der Waals surface area contributed by atoms with E-state index in [0.29, 0.717) is 11.9 Å². The summed E-state index contributed by atoms with van der Waals surface area (Å²) in [4.78, 5) is 20.8. The number of rotatable bonds is 3. The maximum Gasteiger partial charge on any atom is 0.225 e. The zero-order valence-corrected chi connectivity index (χ0v) is 10.4. The molecule has 1 amide bonds. The van der Waals surface area contributed by atoms with Crippen molar-refractivity contribution in [2.45, 2.75) is 19.8 Å². The molecule has 0 saturated carbocycles. The first kappa shape index (κ1) is 12.7. The summed E-state index contributed by atoms with van der Waals surface area (Å²) < 4.78 is 12.7. The van der Waals surface area contributed by atoms with E-state index in [2.05, 4.69) is 15.3 Å². The number of amides is 1. The van der Waals surface area contributed by atoms with Crippen LogP contribution >= 0.6 is 0 Å². The number of nitrogens with one attached hydrogen (secondary N) is 1. The van der Waals surface area contributed by atoms with Gasteiger partial charge < -0.3 is 10.2 Å². The van der Waals surface area contributed by atoms with Crippen LogP contribution in [0.25, 0.3) is 0 Å². The molecular weight excluding hydrogens is 235 g/mol. The molecule has 0 unspecified atom stereocenters. The third-order valence-corrected chi connectivity index (χ3v) is 3.14. The summed E-state index contributed by atoms with van der Waals surface area (Å²) in [5, 5.41) is 2.84. The van der Waals surface area contributed by atoms with Crippen molar-refractivity contribution in [1.82, 2.24) is 15.3 Å². The van der Waals surface area contributed by atoms with Crippen LogP contribution in [-0.4, -0.2) is 35.5 Å². The molecule has 0 aromatic carbocycles. The molecule has 0 radical (unpaired) electrons. The van der Waals surface area contributed by atoms with Gasteiger partial charge >= 0.3 is 0 Å². The maximum atomic E-state index is 12.7. The molecule has 1 aromatic heterocycles. The van der Waals surface area contributed by atoms with E-state index in [9.17, 15) is 9.18 Å². The standard InChI is InChI=1S/C12H17FN4O/c1-9(18)14-6-10-2-4-17(5-3-10)12-15-7-11(13)8-16-12/h7-8,10H,2-6H2,1H3,(H,14,18). The second-order valence-electron chi connectivity index (χ2n) is 4.57. The van der Waals surface area contributed by atoms with Crippen molar-refractivity contribution in [2.24, 2.45) is 5.92 Å². The van der Waals surface area contributed by atoms with Gasteiger partial charge in [-0.1, -0.05) is 0 Å². The van der Waals surface area contributed by atoms with Crippen LogP contribution in [0.1, 0.15) is 19.8 Å². The van der Waals surface area contributed by atoms with Crippen molar-refractivity contribution < 1.29 is 9.18 Å². The number of carbonyl (C=O) groups is 1. The van der Waals surface area contributed by atoms with Gasteiger partial charge in [-0.15, -0.1) is 0 Å². The molecule has 1 aliphatic heterocycles. The molecule has 2 rings (SSSR count). The third-order valence-electron chi connectivity index (χ3n) is 3.14. The first-order valence-electron chi connectivity index (χ1n) is 6.12. The van der Waals surface area contributed by atoms with E-state index in [0.717, 1.165) is 32.5 Å². The smallest absolute Gasteiger partial charge is 0.225 e. The van der Waals surface area contributed by atoms with Gasteiger partial charge in [-0.3, -0.25) is 4.79 Å². The SMILES string of the molecule is CC(=O)NCC1CCN(c2ncc(F)cn2)CC1. The minimum Gasteiger partial charge on any atom is -0.356 e. The quantitative estimate of drug-likeness (QED) is 0.870. The van der Waals surface area contributed by atoms with Gasteiger partial charge in [0.2, 0.25) is 11.9 Å². The summed E-state index contributed by atoms with van der Waals surface area (Å²) in [6, 6.07) is 0. The van der Waals surface area contributed by atoms with Crippen molar-refractivity contribution >= 4 is 11.9 Å². The van der Waals surface area contributed by atoms with E-state index in [1.807, 2.05) is 4.90 Å². The second kappa shape index (κ2) is 5.75. The van der Waals surface area contributed by atoms with Crippen LogP contribution in [0.2, 0.25) is 0 Å². The molecule has 1 aliphatic rings. The van der Waals surface area contributed by atoms with E-state index in [1.54, 1.807) is 0 Å². The Morgan fingerprint density at radius 2 is 2.06 bits per heavy atom. The highest BCUT2D eigenvalue weighted by Crippen LogP contribution is 2.19. The highest BCUT2D eigenvalue weighted by Gasteiger charge is 2.20. The highest BCUT2D eigenvalue weighted by atomic mass is 19.1. The van der Waals surface area contributed by atoms with Crippen molar-refractivity contribution in [3.63, 3.8) is 0 Å². The molecule has 1 fully saturated rings. The lowest BCUT2D eigenvalue weighted by molar-refractivity contribution is -0.119. The molecule has 0 spiro atoms. The fraction of sp³-hybridized carbons (Fsp3) is 0.583. The number of hydrogen-bond donors (Lipinski definition) is 1. The van der Waals surface area contributed by atoms with E-state index in [-0.39, 0.29) is 5.91 Å². The minimum atomic E-state index is -0.417. The lowest BCUT2D eigenvalue weighted by Crippen LogP contribution is -2.38. The lowest BCUT2D eigenvalue weighted by atomic mass is 9.97. The first-order valence-corrected chi connectivity index (χ1v) is 6.12. The van der Waals surface area contributed by atoms with Gasteiger partial charge in [0.05, 0.1) is 12.4 Å². The van der Waals surface area contributed by atoms with Gasteiger partial charge in [0, 0.05) is 26.6 Å². The van der Waals surface area contributed by atoms with Crippen LogP contribution < -0.4 is 10.2 Å². The number of piperidine rings is 1.